The number of hydrogen-bond acceptors (Lipinski definition) is 6. The Kier molecular flexibility index (Phi) is 8.61. The van der Waals surface area contributed by atoms with Crippen LogP contribution in [0.3, 0.4) is 0 Å². The highest BCUT2D eigenvalue weighted by molar-refractivity contribution is 7.89. The molecule has 3 rings (SSSR count). The van der Waals surface area contributed by atoms with Crippen LogP contribution in [0.5, 0.6) is 11.5 Å². The first-order valence-corrected chi connectivity index (χ1v) is 12.4. The van der Waals surface area contributed by atoms with Crippen LogP contribution in [0.1, 0.15) is 30.9 Å². The molecule has 0 aliphatic heterocycles. The highest BCUT2D eigenvalue weighted by Gasteiger charge is 2.25. The number of unbranched alkanes of at least 4 members (excludes halogenated alkanes) is 1. The Morgan fingerprint density at radius 2 is 1.65 bits per heavy atom. The first kappa shape index (κ1) is 25.2. The number of nitro benzene ring substituents is 1. The summed E-state index contributed by atoms with van der Waals surface area (Å²) in [4.78, 5) is 10.4. The first-order chi connectivity index (χ1) is 16.3. The van der Waals surface area contributed by atoms with Crippen molar-refractivity contribution >= 4 is 15.7 Å². The number of hydrogen-bond donors (Lipinski definition) is 0. The van der Waals surface area contributed by atoms with Gasteiger partial charge in [-0.05, 0) is 41.8 Å². The van der Waals surface area contributed by atoms with Gasteiger partial charge in [-0.2, -0.15) is 4.31 Å². The van der Waals surface area contributed by atoms with E-state index < -0.39 is 14.9 Å². The minimum absolute atomic E-state index is 0.0176. The van der Waals surface area contributed by atoms with Crippen LogP contribution >= 0.6 is 0 Å². The third-order valence-electron chi connectivity index (χ3n) is 5.27. The zero-order valence-electron chi connectivity index (χ0n) is 19.2. The average Bonchev–Trinajstić information content (AvgIpc) is 2.86. The van der Waals surface area contributed by atoms with Crippen LogP contribution in [0.4, 0.5) is 5.69 Å². The molecule has 8 nitrogen and oxygen atoms in total. The monoisotopic (exact) mass is 484 g/mol. The van der Waals surface area contributed by atoms with Gasteiger partial charge in [0.2, 0.25) is 10.0 Å². The summed E-state index contributed by atoms with van der Waals surface area (Å²) in [5, 5.41) is 10.9. The van der Waals surface area contributed by atoms with E-state index in [0.717, 1.165) is 17.5 Å². The minimum atomic E-state index is -3.85. The molecule has 9 heteroatoms. The Morgan fingerprint density at radius 3 is 2.26 bits per heavy atom. The second-order valence-corrected chi connectivity index (χ2v) is 9.64. The lowest BCUT2D eigenvalue weighted by Crippen LogP contribution is -2.31. The predicted octanol–water partition coefficient (Wildman–Crippen LogP) is 5.17. The molecular weight excluding hydrogens is 456 g/mol. The van der Waals surface area contributed by atoms with Gasteiger partial charge in [-0.3, -0.25) is 10.1 Å². The molecule has 0 heterocycles. The van der Waals surface area contributed by atoms with E-state index in [1.165, 1.54) is 35.7 Å². The second-order valence-electron chi connectivity index (χ2n) is 7.70. The van der Waals surface area contributed by atoms with Gasteiger partial charge in [0.05, 0.1) is 16.9 Å². The van der Waals surface area contributed by atoms with E-state index >= 15 is 0 Å². The summed E-state index contributed by atoms with van der Waals surface area (Å²) in [7, 11) is -2.31. The summed E-state index contributed by atoms with van der Waals surface area (Å²) < 4.78 is 39.4. The highest BCUT2D eigenvalue weighted by atomic mass is 32.2. The summed E-state index contributed by atoms with van der Waals surface area (Å²) in [6.07, 6.45) is 1.50. The maximum absolute atomic E-state index is 13.3. The van der Waals surface area contributed by atoms with Gasteiger partial charge in [-0.1, -0.05) is 49.7 Å². The number of rotatable bonds is 12. The van der Waals surface area contributed by atoms with Crippen molar-refractivity contribution in [2.24, 2.45) is 0 Å². The summed E-state index contributed by atoms with van der Waals surface area (Å²) in [6, 6.07) is 20.1. The first-order valence-electron chi connectivity index (χ1n) is 10.9. The predicted molar refractivity (Wildman–Crippen MR) is 129 cm³/mol. The standard InChI is InChI=1S/C25H28N2O6S/c1-3-4-16-26(34(30,31)23-13-11-22(12-14-23)27(28)29)18-21-10-15-24(25(17-21)32-2)33-19-20-8-6-5-7-9-20/h5-15,17H,3-4,16,18-19H2,1-2H3. The molecule has 0 aliphatic rings. The molecule has 0 saturated heterocycles. The van der Waals surface area contributed by atoms with Gasteiger partial charge in [0.1, 0.15) is 6.61 Å². The lowest BCUT2D eigenvalue weighted by atomic mass is 10.2. The van der Waals surface area contributed by atoms with Crippen molar-refractivity contribution in [1.29, 1.82) is 0 Å². The Bertz CT molecular complexity index is 1200. The maximum Gasteiger partial charge on any atom is 0.269 e. The van der Waals surface area contributed by atoms with E-state index in [4.69, 9.17) is 9.47 Å². The molecule has 0 unspecified atom stereocenters. The third kappa shape index (κ3) is 6.33. The molecule has 0 amide bonds. The van der Waals surface area contributed by atoms with Gasteiger partial charge in [0.15, 0.2) is 11.5 Å². The topological polar surface area (TPSA) is 99.0 Å². The molecule has 0 radical (unpaired) electrons. The number of methoxy groups -OCH3 is 1. The van der Waals surface area contributed by atoms with Gasteiger partial charge in [-0.15, -0.1) is 0 Å². The van der Waals surface area contributed by atoms with E-state index in [1.807, 2.05) is 43.3 Å². The smallest absolute Gasteiger partial charge is 0.269 e. The molecule has 0 fully saturated rings. The van der Waals surface area contributed by atoms with Crippen molar-refractivity contribution in [1.82, 2.24) is 4.31 Å². The summed E-state index contributed by atoms with van der Waals surface area (Å²) >= 11 is 0. The van der Waals surface area contributed by atoms with E-state index in [1.54, 1.807) is 12.1 Å². The lowest BCUT2D eigenvalue weighted by Gasteiger charge is -2.23. The van der Waals surface area contributed by atoms with Gasteiger partial charge in [0, 0.05) is 25.2 Å². The number of sulfonamides is 1. The largest absolute Gasteiger partial charge is 0.493 e. The molecule has 34 heavy (non-hydrogen) atoms. The summed E-state index contributed by atoms with van der Waals surface area (Å²) in [5.41, 5.74) is 1.61. The van der Waals surface area contributed by atoms with Gasteiger partial charge in [-0.25, -0.2) is 8.42 Å². The van der Waals surface area contributed by atoms with Gasteiger partial charge >= 0.3 is 0 Å². The lowest BCUT2D eigenvalue weighted by molar-refractivity contribution is -0.384. The summed E-state index contributed by atoms with van der Waals surface area (Å²) in [6.45, 7) is 2.82. The van der Waals surface area contributed by atoms with Gasteiger partial charge < -0.3 is 9.47 Å². The van der Waals surface area contributed by atoms with E-state index in [9.17, 15) is 18.5 Å². The normalized spacial score (nSPS) is 11.4. The molecule has 0 saturated carbocycles. The number of nitro groups is 1. The van der Waals surface area contributed by atoms with Crippen molar-refractivity contribution < 1.29 is 22.8 Å². The fraction of sp³-hybridized carbons (Fsp3) is 0.280. The Hall–Kier alpha value is -3.43. The minimum Gasteiger partial charge on any atom is -0.493 e. The Morgan fingerprint density at radius 1 is 0.941 bits per heavy atom. The molecule has 0 atom stereocenters. The van der Waals surface area contributed by atoms with Crippen LogP contribution in [0.25, 0.3) is 0 Å². The molecule has 180 valence electrons. The fourth-order valence-corrected chi connectivity index (χ4v) is 4.84. The SMILES string of the molecule is CCCCN(Cc1ccc(OCc2ccccc2)c(OC)c1)S(=O)(=O)c1ccc([N+](=O)[O-])cc1. The summed E-state index contributed by atoms with van der Waals surface area (Å²) in [5.74, 6) is 1.07. The zero-order valence-corrected chi connectivity index (χ0v) is 20.0. The van der Waals surface area contributed by atoms with Crippen LogP contribution in [-0.2, 0) is 23.2 Å². The molecule has 0 bridgehead atoms. The van der Waals surface area contributed by atoms with Crippen molar-refractivity contribution in [2.75, 3.05) is 13.7 Å². The number of ether oxygens (including phenoxy) is 2. The fourth-order valence-electron chi connectivity index (χ4n) is 3.38. The third-order valence-corrected chi connectivity index (χ3v) is 7.13. The average molecular weight is 485 g/mol. The van der Waals surface area contributed by atoms with Crippen LogP contribution in [-0.4, -0.2) is 31.3 Å². The Balaban J connectivity index is 1.81. The number of nitrogens with zero attached hydrogens (tertiary/aromatic N) is 2. The van der Waals surface area contributed by atoms with Crippen LogP contribution < -0.4 is 9.47 Å². The van der Waals surface area contributed by atoms with Crippen LogP contribution in [0.15, 0.2) is 77.7 Å². The molecule has 0 aromatic heterocycles. The number of non-ortho nitro benzene ring substituents is 1. The van der Waals surface area contributed by atoms with Crippen LogP contribution in [0.2, 0.25) is 0 Å². The maximum atomic E-state index is 13.3. The van der Waals surface area contributed by atoms with Crippen molar-refractivity contribution in [3.05, 3.63) is 94.0 Å². The van der Waals surface area contributed by atoms with Crippen molar-refractivity contribution in [2.45, 2.75) is 37.8 Å². The van der Waals surface area contributed by atoms with Gasteiger partial charge in [0.25, 0.3) is 5.69 Å². The van der Waals surface area contributed by atoms with E-state index in [2.05, 4.69) is 0 Å². The molecule has 3 aromatic rings. The van der Waals surface area contributed by atoms with Crippen molar-refractivity contribution in [3.8, 4) is 11.5 Å². The molecule has 0 spiro atoms. The highest BCUT2D eigenvalue weighted by Crippen LogP contribution is 2.30. The zero-order chi connectivity index (χ0) is 24.6. The Labute approximate surface area is 200 Å². The molecular formula is C25H28N2O6S. The quantitative estimate of drug-likeness (QED) is 0.260. The molecule has 0 aliphatic carbocycles. The van der Waals surface area contributed by atoms with E-state index in [-0.39, 0.29) is 17.1 Å². The number of benzene rings is 3. The second kappa shape index (κ2) is 11.6. The van der Waals surface area contributed by atoms with Crippen LogP contribution in [0, 0.1) is 10.1 Å². The van der Waals surface area contributed by atoms with Crippen molar-refractivity contribution in [3.63, 3.8) is 0 Å². The molecule has 0 N–H and O–H groups in total. The van der Waals surface area contributed by atoms with E-state index in [0.29, 0.717) is 31.1 Å². The molecule has 3 aromatic carbocycles.